The number of hydrogen-bond donors (Lipinski definition) is 1. The molecule has 122 valence electrons. The summed E-state index contributed by atoms with van der Waals surface area (Å²) in [6.07, 6.45) is 0. The van der Waals surface area contributed by atoms with Crippen LogP contribution in [0.3, 0.4) is 0 Å². The zero-order valence-electron chi connectivity index (χ0n) is 13.6. The highest BCUT2D eigenvalue weighted by Gasteiger charge is 2.29. The van der Waals surface area contributed by atoms with Gasteiger partial charge in [-0.05, 0) is 11.4 Å². The van der Waals surface area contributed by atoms with Crippen LogP contribution in [-0.2, 0) is 16.1 Å². The van der Waals surface area contributed by atoms with Gasteiger partial charge in [-0.2, -0.15) is 0 Å². The maximum Gasteiger partial charge on any atom is 0.234 e. The van der Waals surface area contributed by atoms with Crippen molar-refractivity contribution in [3.05, 3.63) is 22.4 Å². The van der Waals surface area contributed by atoms with Gasteiger partial charge < -0.3 is 10.2 Å². The topological polar surface area (TPSA) is 52.7 Å². The molecule has 1 N–H and O–H groups in total. The molecule has 1 aliphatic heterocycles. The van der Waals surface area contributed by atoms with Crippen LogP contribution < -0.4 is 5.32 Å². The van der Waals surface area contributed by atoms with Gasteiger partial charge in [-0.1, -0.05) is 26.8 Å². The second-order valence-electron chi connectivity index (χ2n) is 6.67. The summed E-state index contributed by atoms with van der Waals surface area (Å²) in [6.45, 7) is 9.76. The molecule has 0 radical (unpaired) electrons. The Balaban J connectivity index is 1.71. The Morgan fingerprint density at radius 3 is 2.45 bits per heavy atom. The summed E-state index contributed by atoms with van der Waals surface area (Å²) in [5, 5.41) is 4.95. The normalized spacial score (nSPS) is 16.6. The van der Waals surface area contributed by atoms with Crippen LogP contribution in [0.15, 0.2) is 17.5 Å². The lowest BCUT2D eigenvalue weighted by Crippen LogP contribution is -2.53. The van der Waals surface area contributed by atoms with E-state index >= 15 is 0 Å². The van der Waals surface area contributed by atoms with E-state index in [0.717, 1.165) is 18.0 Å². The van der Waals surface area contributed by atoms with Gasteiger partial charge in [0, 0.05) is 36.5 Å². The number of rotatable bonds is 4. The van der Waals surface area contributed by atoms with E-state index in [0.29, 0.717) is 26.2 Å². The SMILES string of the molecule is CC(C)(C)C(=O)N1CCN(CC(=O)NCc2cccs2)CC1. The van der Waals surface area contributed by atoms with Crippen LogP contribution in [0.5, 0.6) is 0 Å². The van der Waals surface area contributed by atoms with E-state index in [2.05, 4.69) is 10.2 Å². The molecular weight excluding hydrogens is 298 g/mol. The Hall–Kier alpha value is -1.40. The van der Waals surface area contributed by atoms with Gasteiger partial charge in [-0.3, -0.25) is 14.5 Å². The molecule has 2 rings (SSSR count). The van der Waals surface area contributed by atoms with Gasteiger partial charge in [-0.25, -0.2) is 0 Å². The minimum atomic E-state index is -0.333. The number of hydrogen-bond acceptors (Lipinski definition) is 4. The smallest absolute Gasteiger partial charge is 0.234 e. The Bertz CT molecular complexity index is 500. The molecule has 1 aliphatic rings. The molecule has 1 saturated heterocycles. The number of nitrogens with zero attached hydrogens (tertiary/aromatic N) is 2. The third-order valence-electron chi connectivity index (χ3n) is 3.71. The fourth-order valence-electron chi connectivity index (χ4n) is 2.44. The van der Waals surface area contributed by atoms with Crippen molar-refractivity contribution >= 4 is 23.2 Å². The van der Waals surface area contributed by atoms with Crippen molar-refractivity contribution in [1.82, 2.24) is 15.1 Å². The molecule has 0 bridgehead atoms. The molecule has 2 amide bonds. The van der Waals surface area contributed by atoms with E-state index in [4.69, 9.17) is 0 Å². The van der Waals surface area contributed by atoms with Gasteiger partial charge in [0.2, 0.25) is 11.8 Å². The minimum Gasteiger partial charge on any atom is -0.350 e. The Kier molecular flexibility index (Phi) is 5.58. The molecule has 1 fully saturated rings. The van der Waals surface area contributed by atoms with Crippen LogP contribution in [0.1, 0.15) is 25.6 Å². The van der Waals surface area contributed by atoms with Gasteiger partial charge in [0.05, 0.1) is 13.1 Å². The van der Waals surface area contributed by atoms with Crippen molar-refractivity contribution in [3.8, 4) is 0 Å². The Labute approximate surface area is 136 Å². The van der Waals surface area contributed by atoms with E-state index in [9.17, 15) is 9.59 Å². The molecular formula is C16H25N3O2S. The maximum atomic E-state index is 12.2. The van der Waals surface area contributed by atoms with Crippen LogP contribution in [0.25, 0.3) is 0 Å². The highest BCUT2D eigenvalue weighted by atomic mass is 32.1. The lowest BCUT2D eigenvalue weighted by Gasteiger charge is -2.37. The van der Waals surface area contributed by atoms with Crippen molar-refractivity contribution in [2.75, 3.05) is 32.7 Å². The third kappa shape index (κ3) is 4.81. The Morgan fingerprint density at radius 1 is 1.23 bits per heavy atom. The van der Waals surface area contributed by atoms with E-state index in [1.807, 2.05) is 43.2 Å². The van der Waals surface area contributed by atoms with Gasteiger partial charge in [-0.15, -0.1) is 11.3 Å². The number of thiophene rings is 1. The van der Waals surface area contributed by atoms with Crippen LogP contribution in [0.4, 0.5) is 0 Å². The molecule has 0 aromatic carbocycles. The van der Waals surface area contributed by atoms with Gasteiger partial charge in [0.15, 0.2) is 0 Å². The molecule has 6 heteroatoms. The van der Waals surface area contributed by atoms with Crippen LogP contribution in [0, 0.1) is 5.41 Å². The number of piperazine rings is 1. The van der Waals surface area contributed by atoms with Crippen molar-refractivity contribution in [1.29, 1.82) is 0 Å². The quantitative estimate of drug-likeness (QED) is 0.915. The highest BCUT2D eigenvalue weighted by molar-refractivity contribution is 7.09. The van der Waals surface area contributed by atoms with Gasteiger partial charge in [0.1, 0.15) is 0 Å². The molecule has 1 aromatic rings. The molecule has 22 heavy (non-hydrogen) atoms. The molecule has 5 nitrogen and oxygen atoms in total. The number of amides is 2. The molecule has 2 heterocycles. The summed E-state index contributed by atoms with van der Waals surface area (Å²) in [4.78, 5) is 29.3. The molecule has 0 unspecified atom stereocenters. The average molecular weight is 323 g/mol. The number of nitrogens with one attached hydrogen (secondary N) is 1. The average Bonchev–Trinajstić information content (AvgIpc) is 2.97. The fourth-order valence-corrected chi connectivity index (χ4v) is 3.09. The van der Waals surface area contributed by atoms with Gasteiger partial charge >= 0.3 is 0 Å². The summed E-state index contributed by atoms with van der Waals surface area (Å²) in [6, 6.07) is 4.00. The maximum absolute atomic E-state index is 12.2. The van der Waals surface area contributed by atoms with Crippen LogP contribution in [0.2, 0.25) is 0 Å². The summed E-state index contributed by atoms with van der Waals surface area (Å²) >= 11 is 1.64. The summed E-state index contributed by atoms with van der Waals surface area (Å²) in [5.74, 6) is 0.235. The molecule has 0 aliphatic carbocycles. The van der Waals surface area contributed by atoms with Crippen molar-refractivity contribution in [2.24, 2.45) is 5.41 Å². The largest absolute Gasteiger partial charge is 0.350 e. The first kappa shape index (κ1) is 17.0. The van der Waals surface area contributed by atoms with E-state index in [1.54, 1.807) is 11.3 Å². The standard InChI is InChI=1S/C16H25N3O2S/c1-16(2,3)15(21)19-8-6-18(7-9-19)12-14(20)17-11-13-5-4-10-22-13/h4-5,10H,6-9,11-12H2,1-3H3,(H,17,20). The number of carbonyl (C=O) groups is 2. The number of carbonyl (C=O) groups excluding carboxylic acids is 2. The fraction of sp³-hybridized carbons (Fsp3) is 0.625. The molecule has 0 saturated carbocycles. The van der Waals surface area contributed by atoms with Crippen LogP contribution >= 0.6 is 11.3 Å². The first-order valence-corrected chi connectivity index (χ1v) is 8.55. The Morgan fingerprint density at radius 2 is 1.91 bits per heavy atom. The summed E-state index contributed by atoms with van der Waals surface area (Å²) in [7, 11) is 0. The lowest BCUT2D eigenvalue weighted by molar-refractivity contribution is -0.141. The van der Waals surface area contributed by atoms with Crippen molar-refractivity contribution in [2.45, 2.75) is 27.3 Å². The predicted octanol–water partition coefficient (Wildman–Crippen LogP) is 1.55. The van der Waals surface area contributed by atoms with Crippen LogP contribution in [-0.4, -0.2) is 54.3 Å². The van der Waals surface area contributed by atoms with E-state index in [1.165, 1.54) is 0 Å². The minimum absolute atomic E-state index is 0.0454. The van der Waals surface area contributed by atoms with E-state index < -0.39 is 0 Å². The first-order chi connectivity index (χ1) is 10.4. The predicted molar refractivity (Wildman–Crippen MR) is 88.6 cm³/mol. The monoisotopic (exact) mass is 323 g/mol. The molecule has 0 atom stereocenters. The highest BCUT2D eigenvalue weighted by Crippen LogP contribution is 2.18. The zero-order valence-corrected chi connectivity index (χ0v) is 14.4. The zero-order chi connectivity index (χ0) is 16.2. The van der Waals surface area contributed by atoms with Gasteiger partial charge in [0.25, 0.3) is 0 Å². The second-order valence-corrected chi connectivity index (χ2v) is 7.71. The summed E-state index contributed by atoms with van der Waals surface area (Å²) < 4.78 is 0. The van der Waals surface area contributed by atoms with Crippen molar-refractivity contribution in [3.63, 3.8) is 0 Å². The second kappa shape index (κ2) is 7.24. The third-order valence-corrected chi connectivity index (χ3v) is 4.58. The van der Waals surface area contributed by atoms with E-state index in [-0.39, 0.29) is 17.2 Å². The summed E-state index contributed by atoms with van der Waals surface area (Å²) in [5.41, 5.74) is -0.333. The molecule has 0 spiro atoms. The first-order valence-electron chi connectivity index (χ1n) is 7.67. The molecule has 1 aromatic heterocycles. The van der Waals surface area contributed by atoms with Crippen molar-refractivity contribution < 1.29 is 9.59 Å². The lowest BCUT2D eigenvalue weighted by atomic mass is 9.94.